The summed E-state index contributed by atoms with van der Waals surface area (Å²) in [5, 5.41) is 11.1. The van der Waals surface area contributed by atoms with Crippen LogP contribution in [0.5, 0.6) is 0 Å². The van der Waals surface area contributed by atoms with Crippen LogP contribution in [-0.2, 0) is 4.79 Å². The van der Waals surface area contributed by atoms with Gasteiger partial charge in [-0.2, -0.15) is 0 Å². The number of benzene rings is 7. The fraction of sp³-hybridized carbons (Fsp3) is 0.380. The first kappa shape index (κ1) is 55.9. The molecule has 1 saturated heterocycles. The van der Waals surface area contributed by atoms with Gasteiger partial charge in [0.1, 0.15) is 0 Å². The lowest BCUT2D eigenvalue weighted by Gasteiger charge is -2.37. The summed E-state index contributed by atoms with van der Waals surface area (Å²) in [6.45, 7) is 3.11. The van der Waals surface area contributed by atoms with E-state index in [0.717, 1.165) is 63.5 Å². The Morgan fingerprint density at radius 1 is 0.385 bits per heavy atom. The molecule has 1 heterocycles. The molecule has 11 rings (SSSR count). The van der Waals surface area contributed by atoms with E-state index in [1.54, 1.807) is 6.92 Å². The third-order valence-corrected chi connectivity index (χ3v) is 17.4. The molecule has 4 fully saturated rings. The number of piperidine rings is 1. The van der Waals surface area contributed by atoms with Gasteiger partial charge in [-0.05, 0) is 147 Å². The van der Waals surface area contributed by atoms with Crippen molar-refractivity contribution in [2.75, 3.05) is 20.1 Å². The largest absolute Gasteiger partial charge is 0.343 e. The zero-order valence-electron chi connectivity index (χ0n) is 46.4. The molecule has 3 N–H and O–H groups in total. The Morgan fingerprint density at radius 3 is 0.936 bits per heavy atom. The van der Waals surface area contributed by atoms with Gasteiger partial charge >= 0.3 is 6.03 Å². The third-order valence-electron chi connectivity index (χ3n) is 17.4. The fourth-order valence-electron chi connectivity index (χ4n) is 12.8. The van der Waals surface area contributed by atoms with Gasteiger partial charge in [-0.3, -0.25) is 4.79 Å². The minimum Gasteiger partial charge on any atom is -0.343 e. The van der Waals surface area contributed by atoms with Crippen molar-refractivity contribution in [3.8, 4) is 0 Å². The first-order chi connectivity index (χ1) is 38.3. The smallest absolute Gasteiger partial charge is 0.317 e. The molecule has 3 amide bonds. The van der Waals surface area contributed by atoms with Crippen molar-refractivity contribution in [2.24, 2.45) is 0 Å². The SMILES string of the molecule is CC(=O)N1CCC(N(C)C(=O)NC2CCC(c3ccccc3)CC2)CC1.c1ccc(C2CCC(NC(c3ccccc3)c3ccccc3)CC2)cc1.c1ccc(C2CCC(NC(c3ccccc3)c3ccccc3)CC2)cc1. The predicted molar refractivity (Wildman–Crippen MR) is 322 cm³/mol. The molecule has 7 aromatic rings. The number of carbonyl (C=O) groups is 2. The summed E-state index contributed by atoms with van der Waals surface area (Å²) in [7, 11) is 1.89. The van der Waals surface area contributed by atoms with Gasteiger partial charge in [-0.1, -0.05) is 212 Å². The minimum atomic E-state index is 0.0365. The second-order valence-corrected chi connectivity index (χ2v) is 22.5. The van der Waals surface area contributed by atoms with Crippen molar-refractivity contribution < 1.29 is 9.59 Å². The maximum absolute atomic E-state index is 12.6. The van der Waals surface area contributed by atoms with Crippen molar-refractivity contribution >= 4 is 11.9 Å². The zero-order chi connectivity index (χ0) is 53.7. The van der Waals surface area contributed by atoms with Gasteiger partial charge in [0.2, 0.25) is 5.91 Å². The molecule has 4 aliphatic rings. The Hall–Kier alpha value is -6.80. The van der Waals surface area contributed by atoms with Crippen LogP contribution in [0.25, 0.3) is 0 Å². The number of nitrogens with zero attached hydrogens (tertiary/aromatic N) is 2. The van der Waals surface area contributed by atoms with Crippen molar-refractivity contribution in [3.05, 3.63) is 251 Å². The van der Waals surface area contributed by atoms with Crippen LogP contribution >= 0.6 is 0 Å². The topological polar surface area (TPSA) is 76.7 Å². The van der Waals surface area contributed by atoms with E-state index in [0.29, 0.717) is 18.0 Å². The number of rotatable bonds is 13. The number of amides is 3. The van der Waals surface area contributed by atoms with Crippen LogP contribution in [0, 0.1) is 0 Å². The number of nitrogens with one attached hydrogen (secondary N) is 3. The monoisotopic (exact) mass is 1040 g/mol. The van der Waals surface area contributed by atoms with Crippen molar-refractivity contribution in [3.63, 3.8) is 0 Å². The third kappa shape index (κ3) is 16.1. The molecule has 7 nitrogen and oxygen atoms in total. The van der Waals surface area contributed by atoms with Gasteiger partial charge in [0.15, 0.2) is 0 Å². The summed E-state index contributed by atoms with van der Waals surface area (Å²) in [5.41, 5.74) is 9.84. The van der Waals surface area contributed by atoms with Crippen molar-refractivity contribution in [2.45, 2.75) is 151 Å². The average Bonchev–Trinajstić information content (AvgIpc) is 3.53. The molecule has 0 spiro atoms. The van der Waals surface area contributed by atoms with Crippen LogP contribution in [0.15, 0.2) is 212 Å². The highest BCUT2D eigenvalue weighted by atomic mass is 16.2. The quantitative estimate of drug-likeness (QED) is 0.108. The van der Waals surface area contributed by atoms with Crippen LogP contribution in [0.2, 0.25) is 0 Å². The fourth-order valence-corrected chi connectivity index (χ4v) is 12.8. The maximum Gasteiger partial charge on any atom is 0.317 e. The number of likely N-dealkylation sites (tertiary alicyclic amines) is 1. The molecule has 7 heteroatoms. The predicted octanol–water partition coefficient (Wildman–Crippen LogP) is 15.5. The summed E-state index contributed by atoms with van der Waals surface area (Å²) in [6, 6.07) is 78.4. The van der Waals surface area contributed by atoms with Crippen molar-refractivity contribution in [1.29, 1.82) is 0 Å². The second kappa shape index (κ2) is 29.3. The van der Waals surface area contributed by atoms with Crippen LogP contribution in [0.4, 0.5) is 4.79 Å². The molecule has 3 saturated carbocycles. The van der Waals surface area contributed by atoms with Gasteiger partial charge in [0.25, 0.3) is 0 Å². The summed E-state index contributed by atoms with van der Waals surface area (Å²) in [5.74, 6) is 2.20. The number of urea groups is 1. The first-order valence-electron chi connectivity index (χ1n) is 29.5. The molecule has 0 radical (unpaired) electrons. The lowest BCUT2D eigenvalue weighted by atomic mass is 9.81. The van der Waals surface area contributed by atoms with Gasteiger partial charge < -0.3 is 25.8 Å². The van der Waals surface area contributed by atoms with E-state index in [-0.39, 0.29) is 36.1 Å². The molecular weight excluding hydrogens is 955 g/mol. The summed E-state index contributed by atoms with van der Waals surface area (Å²) in [6.07, 6.45) is 16.2. The molecule has 406 valence electrons. The van der Waals surface area contributed by atoms with E-state index in [1.807, 2.05) is 16.8 Å². The maximum atomic E-state index is 12.6. The highest BCUT2D eigenvalue weighted by molar-refractivity contribution is 5.75. The molecule has 1 aliphatic heterocycles. The second-order valence-electron chi connectivity index (χ2n) is 22.5. The molecule has 3 aliphatic carbocycles. The molecule has 0 unspecified atom stereocenters. The normalized spacial score (nSPS) is 21.5. The van der Waals surface area contributed by atoms with Crippen LogP contribution in [0.1, 0.15) is 166 Å². The van der Waals surface area contributed by atoms with E-state index in [9.17, 15) is 9.59 Å². The Kier molecular flexibility index (Phi) is 21.0. The summed E-state index contributed by atoms with van der Waals surface area (Å²) >= 11 is 0. The lowest BCUT2D eigenvalue weighted by molar-refractivity contribution is -0.130. The first-order valence-corrected chi connectivity index (χ1v) is 29.5. The van der Waals surface area contributed by atoms with E-state index in [1.165, 1.54) is 90.3 Å². The molecule has 7 aromatic carbocycles. The average molecular weight is 1040 g/mol. The van der Waals surface area contributed by atoms with Crippen LogP contribution < -0.4 is 16.0 Å². The summed E-state index contributed by atoms with van der Waals surface area (Å²) < 4.78 is 0. The highest BCUT2D eigenvalue weighted by Gasteiger charge is 2.30. The molecule has 0 aromatic heterocycles. The Morgan fingerprint density at radius 2 is 0.654 bits per heavy atom. The standard InChI is InChI=1S/2C25H27N.C21H31N3O2/c2*1-4-10-20(11-5-1)21-16-18-24(19-17-21)26-25(22-12-6-2-7-13-22)23-14-8-3-9-15-23;1-16(25)24-14-12-20(13-15-24)23(2)21(26)22-19-10-8-18(9-11-19)17-6-4-3-5-7-17/h2*1-15,21,24-26H,16-19H2;3-7,18-20H,8-15H2,1-2H3,(H,22,26). The Labute approximate surface area is 467 Å². The molecule has 0 atom stereocenters. The van der Waals surface area contributed by atoms with Gasteiger partial charge in [0.05, 0.1) is 12.1 Å². The molecular formula is C71H85N5O2. The number of carbonyl (C=O) groups excluding carboxylic acids is 2. The Bertz CT molecular complexity index is 2550. The van der Waals surface area contributed by atoms with E-state index >= 15 is 0 Å². The van der Waals surface area contributed by atoms with E-state index in [4.69, 9.17) is 0 Å². The Balaban J connectivity index is 0.000000142. The number of hydrogen-bond acceptors (Lipinski definition) is 4. The van der Waals surface area contributed by atoms with E-state index in [2.05, 4.69) is 228 Å². The minimum absolute atomic E-state index is 0.0365. The molecule has 78 heavy (non-hydrogen) atoms. The number of hydrogen-bond donors (Lipinski definition) is 3. The zero-order valence-corrected chi connectivity index (χ0v) is 46.4. The lowest BCUT2D eigenvalue weighted by Crippen LogP contribution is -2.51. The van der Waals surface area contributed by atoms with Crippen molar-refractivity contribution in [1.82, 2.24) is 25.8 Å². The highest BCUT2D eigenvalue weighted by Crippen LogP contribution is 2.37. The van der Waals surface area contributed by atoms with Gasteiger partial charge in [-0.25, -0.2) is 4.79 Å². The summed E-state index contributed by atoms with van der Waals surface area (Å²) in [4.78, 5) is 27.8. The van der Waals surface area contributed by atoms with E-state index < -0.39 is 0 Å². The van der Waals surface area contributed by atoms with Gasteiger partial charge in [0, 0.05) is 51.2 Å². The van der Waals surface area contributed by atoms with Gasteiger partial charge in [-0.15, -0.1) is 0 Å². The van der Waals surface area contributed by atoms with Crippen LogP contribution in [0.3, 0.4) is 0 Å². The molecule has 0 bridgehead atoms. The van der Waals surface area contributed by atoms with Crippen LogP contribution in [-0.4, -0.2) is 66.0 Å².